The van der Waals surface area contributed by atoms with Crippen LogP contribution >= 0.6 is 12.2 Å². The van der Waals surface area contributed by atoms with E-state index in [1.165, 1.54) is 5.56 Å². The maximum atomic E-state index is 12.2. The molecule has 128 valence electrons. The molecule has 2 N–H and O–H groups in total. The van der Waals surface area contributed by atoms with Crippen molar-refractivity contribution >= 4 is 18.1 Å². The number of carbonyl (C=O) groups excluding carboxylic acids is 1. The quantitative estimate of drug-likeness (QED) is 0.788. The van der Waals surface area contributed by atoms with Crippen LogP contribution in [0.1, 0.15) is 36.4 Å². The maximum absolute atomic E-state index is 12.2. The number of nitrogens with zero attached hydrogens (tertiary/aromatic N) is 2. The first-order chi connectivity index (χ1) is 11.7. The van der Waals surface area contributed by atoms with Crippen LogP contribution in [0.3, 0.4) is 0 Å². The third-order valence-corrected chi connectivity index (χ3v) is 4.60. The van der Waals surface area contributed by atoms with Crippen LogP contribution in [0.2, 0.25) is 0 Å². The molecule has 0 aliphatic carbocycles. The lowest BCUT2D eigenvalue weighted by atomic mass is 9.95. The van der Waals surface area contributed by atoms with E-state index < -0.39 is 0 Å². The van der Waals surface area contributed by atoms with E-state index in [1.54, 1.807) is 0 Å². The highest BCUT2D eigenvalue weighted by Crippen LogP contribution is 2.29. The van der Waals surface area contributed by atoms with Crippen LogP contribution < -0.4 is 5.32 Å². The summed E-state index contributed by atoms with van der Waals surface area (Å²) in [6.45, 7) is 3.99. The number of amides is 1. The molecule has 7 heteroatoms. The van der Waals surface area contributed by atoms with Crippen LogP contribution in [-0.4, -0.2) is 33.8 Å². The summed E-state index contributed by atoms with van der Waals surface area (Å²) in [6.07, 6.45) is 1.75. The second-order valence-electron chi connectivity index (χ2n) is 5.80. The molecule has 1 unspecified atom stereocenters. The average Bonchev–Trinajstić information content (AvgIpc) is 2.95. The summed E-state index contributed by atoms with van der Waals surface area (Å²) < 4.78 is 8.33. The van der Waals surface area contributed by atoms with Crippen molar-refractivity contribution in [3.63, 3.8) is 0 Å². The Morgan fingerprint density at radius 2 is 2.33 bits per heavy atom. The van der Waals surface area contributed by atoms with E-state index >= 15 is 0 Å². The lowest BCUT2D eigenvalue weighted by Gasteiger charge is -2.25. The summed E-state index contributed by atoms with van der Waals surface area (Å²) in [4.78, 5) is 12.2. The molecule has 0 radical (unpaired) electrons. The van der Waals surface area contributed by atoms with E-state index in [9.17, 15) is 4.79 Å². The Morgan fingerprint density at radius 1 is 1.50 bits per heavy atom. The molecular weight excluding hydrogens is 324 g/mol. The number of hydrogen-bond donors (Lipinski definition) is 2. The number of ether oxygens (including phenoxy) is 1. The Balaban J connectivity index is 1.52. The topological polar surface area (TPSA) is 71.9 Å². The number of H-pyrrole nitrogens is 1. The van der Waals surface area contributed by atoms with Gasteiger partial charge in [0.25, 0.3) is 0 Å². The zero-order valence-corrected chi connectivity index (χ0v) is 14.6. The van der Waals surface area contributed by atoms with Gasteiger partial charge >= 0.3 is 0 Å². The van der Waals surface area contributed by atoms with Crippen molar-refractivity contribution in [2.24, 2.45) is 0 Å². The molecule has 3 rings (SSSR count). The van der Waals surface area contributed by atoms with Crippen molar-refractivity contribution in [3.8, 4) is 0 Å². The molecule has 1 aliphatic rings. The molecule has 1 amide bonds. The molecule has 0 spiro atoms. The second-order valence-corrected chi connectivity index (χ2v) is 6.19. The number of carbonyl (C=O) groups is 1. The molecule has 2 heterocycles. The van der Waals surface area contributed by atoms with Gasteiger partial charge in [-0.2, -0.15) is 5.10 Å². The lowest BCUT2D eigenvalue weighted by Crippen LogP contribution is -2.29. The number of nitrogens with one attached hydrogen (secondary N) is 2. The molecular formula is C17H22N4O2S. The van der Waals surface area contributed by atoms with Crippen LogP contribution in [-0.2, 0) is 28.9 Å². The van der Waals surface area contributed by atoms with Gasteiger partial charge in [0.2, 0.25) is 5.91 Å². The highest BCUT2D eigenvalue weighted by atomic mass is 32.1. The Kier molecular flexibility index (Phi) is 5.42. The average molecular weight is 346 g/mol. The van der Waals surface area contributed by atoms with Gasteiger partial charge < -0.3 is 14.6 Å². The van der Waals surface area contributed by atoms with Crippen LogP contribution in [0.4, 0.5) is 0 Å². The summed E-state index contributed by atoms with van der Waals surface area (Å²) in [5.41, 5.74) is 2.41. The van der Waals surface area contributed by atoms with E-state index in [2.05, 4.69) is 21.6 Å². The van der Waals surface area contributed by atoms with Crippen molar-refractivity contribution in [2.75, 3.05) is 13.2 Å². The summed E-state index contributed by atoms with van der Waals surface area (Å²) >= 11 is 5.16. The first kappa shape index (κ1) is 16.9. The fourth-order valence-corrected chi connectivity index (χ4v) is 3.35. The minimum absolute atomic E-state index is 0.00566. The normalized spacial score (nSPS) is 16.6. The molecule has 0 fully saturated rings. The van der Waals surface area contributed by atoms with Crippen LogP contribution in [0.5, 0.6) is 0 Å². The van der Waals surface area contributed by atoms with Gasteiger partial charge in [0, 0.05) is 19.5 Å². The summed E-state index contributed by atoms with van der Waals surface area (Å²) in [5.74, 6) is 0.857. The molecule has 1 aliphatic heterocycles. The number of aromatic amines is 1. The van der Waals surface area contributed by atoms with Crippen molar-refractivity contribution < 1.29 is 9.53 Å². The smallest absolute Gasteiger partial charge is 0.222 e. The Hall–Kier alpha value is -1.99. The fraction of sp³-hybridized carbons (Fsp3) is 0.471. The SMILES string of the molecule is CCn1c(CCNC(=O)CC2OCCc3ccccc32)n[nH]c1=S. The number of fused-ring (bicyclic) bond motifs is 1. The minimum atomic E-state index is -0.153. The second kappa shape index (κ2) is 7.72. The highest BCUT2D eigenvalue weighted by molar-refractivity contribution is 7.71. The lowest BCUT2D eigenvalue weighted by molar-refractivity contribution is -0.124. The standard InChI is InChI=1S/C17H22N4O2S/c1-2-21-15(19-20-17(21)24)7-9-18-16(22)11-14-13-6-4-3-5-12(13)8-10-23-14/h3-6,14H,2,7-11H2,1H3,(H,18,22)(H,20,24). The zero-order valence-electron chi connectivity index (χ0n) is 13.7. The van der Waals surface area contributed by atoms with Crippen LogP contribution in [0.25, 0.3) is 0 Å². The van der Waals surface area contributed by atoms with Crippen molar-refractivity contribution in [1.82, 2.24) is 20.1 Å². The van der Waals surface area contributed by atoms with Gasteiger partial charge in [-0.25, -0.2) is 0 Å². The van der Waals surface area contributed by atoms with Crippen molar-refractivity contribution in [1.29, 1.82) is 0 Å². The summed E-state index contributed by atoms with van der Waals surface area (Å²) in [5, 5.41) is 9.93. The molecule has 1 aromatic heterocycles. The minimum Gasteiger partial charge on any atom is -0.373 e. The monoisotopic (exact) mass is 346 g/mol. The Morgan fingerprint density at radius 3 is 3.17 bits per heavy atom. The third kappa shape index (κ3) is 3.73. The first-order valence-electron chi connectivity index (χ1n) is 8.29. The van der Waals surface area contributed by atoms with E-state index in [0.29, 0.717) is 30.8 Å². The first-order valence-corrected chi connectivity index (χ1v) is 8.70. The van der Waals surface area contributed by atoms with Crippen LogP contribution in [0, 0.1) is 4.77 Å². The van der Waals surface area contributed by atoms with E-state index in [4.69, 9.17) is 17.0 Å². The number of benzene rings is 1. The maximum Gasteiger partial charge on any atom is 0.222 e. The third-order valence-electron chi connectivity index (χ3n) is 4.29. The van der Waals surface area contributed by atoms with Crippen molar-refractivity contribution in [2.45, 2.75) is 38.8 Å². The molecule has 0 saturated carbocycles. The van der Waals surface area contributed by atoms with Gasteiger partial charge in [0.05, 0.1) is 19.1 Å². The molecule has 1 atom stereocenters. The van der Waals surface area contributed by atoms with E-state index in [1.807, 2.05) is 29.7 Å². The molecule has 24 heavy (non-hydrogen) atoms. The number of rotatable bonds is 6. The van der Waals surface area contributed by atoms with Gasteiger partial charge in [-0.3, -0.25) is 9.89 Å². The molecule has 0 bridgehead atoms. The zero-order chi connectivity index (χ0) is 16.9. The highest BCUT2D eigenvalue weighted by Gasteiger charge is 2.22. The van der Waals surface area contributed by atoms with Gasteiger partial charge in [0.1, 0.15) is 5.82 Å². The van der Waals surface area contributed by atoms with Crippen molar-refractivity contribution in [3.05, 3.63) is 46.0 Å². The van der Waals surface area contributed by atoms with Gasteiger partial charge in [-0.1, -0.05) is 24.3 Å². The Bertz CT molecular complexity index is 768. The van der Waals surface area contributed by atoms with Gasteiger partial charge in [0.15, 0.2) is 4.77 Å². The summed E-state index contributed by atoms with van der Waals surface area (Å²) in [7, 11) is 0. The van der Waals surface area contributed by atoms with Crippen LogP contribution in [0.15, 0.2) is 24.3 Å². The van der Waals surface area contributed by atoms with Gasteiger partial charge in [-0.15, -0.1) is 0 Å². The van der Waals surface area contributed by atoms with E-state index in [0.717, 1.165) is 24.4 Å². The summed E-state index contributed by atoms with van der Waals surface area (Å²) in [6, 6.07) is 8.18. The number of hydrogen-bond acceptors (Lipinski definition) is 4. The molecule has 0 saturated heterocycles. The molecule has 2 aromatic rings. The van der Waals surface area contributed by atoms with E-state index in [-0.39, 0.29) is 12.0 Å². The predicted octanol–water partition coefficient (Wildman–Crippen LogP) is 2.32. The number of aromatic nitrogens is 3. The molecule has 6 nitrogen and oxygen atoms in total. The van der Waals surface area contributed by atoms with Gasteiger partial charge in [-0.05, 0) is 36.7 Å². The Labute approximate surface area is 146 Å². The molecule has 1 aromatic carbocycles. The fourth-order valence-electron chi connectivity index (χ4n) is 3.07. The predicted molar refractivity (Wildman–Crippen MR) is 93.3 cm³/mol. The largest absolute Gasteiger partial charge is 0.373 e.